The van der Waals surface area contributed by atoms with Gasteiger partial charge in [-0.05, 0) is 0 Å². The van der Waals surface area contributed by atoms with Gasteiger partial charge in [-0.25, -0.2) is 70.2 Å². The third-order valence-corrected chi connectivity index (χ3v) is 5.51. The third kappa shape index (κ3) is 3.95. The van der Waals surface area contributed by atoms with E-state index in [1.807, 2.05) is 0 Å². The molecule has 0 aromatic heterocycles. The Morgan fingerprint density at radius 1 is 0.200 bits per heavy atom. The van der Waals surface area contributed by atoms with Gasteiger partial charge in [0.05, 0.1) is 33.4 Å². The standard InChI is InChI=1S/C24H2F16/c25-3-1-5(27)13(29)17(33)7(3)9-15(31)11(21(37)23(39)19(9)35)12-16(32)10(20(36)24(40)22(12)38)8-4(26)2-6(28)14(30)18(8)34/h1-2H. The molecule has 0 fully saturated rings. The first-order chi connectivity index (χ1) is 18.5. The summed E-state index contributed by atoms with van der Waals surface area (Å²) in [6.45, 7) is 0. The van der Waals surface area contributed by atoms with E-state index < -0.39 is 139 Å². The van der Waals surface area contributed by atoms with Crippen LogP contribution in [0.5, 0.6) is 0 Å². The number of rotatable bonds is 3. The zero-order valence-electron chi connectivity index (χ0n) is 18.2. The number of hydrogen-bond acceptors (Lipinski definition) is 0. The molecule has 0 aliphatic heterocycles. The van der Waals surface area contributed by atoms with E-state index in [0.29, 0.717) is 0 Å². The van der Waals surface area contributed by atoms with E-state index in [1.54, 1.807) is 0 Å². The molecule has 0 saturated carbocycles. The van der Waals surface area contributed by atoms with Crippen LogP contribution in [0.15, 0.2) is 12.1 Å². The Morgan fingerprint density at radius 2 is 0.425 bits per heavy atom. The van der Waals surface area contributed by atoms with Gasteiger partial charge >= 0.3 is 0 Å². The average Bonchev–Trinajstić information content (AvgIpc) is 2.89. The SMILES string of the molecule is Fc1cc(F)c(-c2c(F)c(F)c(F)c(-c3c(F)c(F)c(F)c(-c4c(F)cc(F)c(F)c4F)c3F)c2F)c(F)c1F. The van der Waals surface area contributed by atoms with Gasteiger partial charge in [-0.2, -0.15) is 0 Å². The molecule has 0 atom stereocenters. The van der Waals surface area contributed by atoms with Gasteiger partial charge in [0.25, 0.3) is 0 Å². The summed E-state index contributed by atoms with van der Waals surface area (Å²) in [5, 5.41) is 0. The zero-order valence-corrected chi connectivity index (χ0v) is 18.2. The topological polar surface area (TPSA) is 0 Å². The van der Waals surface area contributed by atoms with Gasteiger partial charge in [0, 0.05) is 12.1 Å². The Kier molecular flexibility index (Phi) is 7.01. The van der Waals surface area contributed by atoms with Crippen molar-refractivity contribution in [3.05, 3.63) is 105 Å². The van der Waals surface area contributed by atoms with Crippen molar-refractivity contribution in [1.82, 2.24) is 0 Å². The number of halogens is 16. The second kappa shape index (κ2) is 9.75. The van der Waals surface area contributed by atoms with Crippen LogP contribution in [0.1, 0.15) is 0 Å². The van der Waals surface area contributed by atoms with Crippen LogP contribution in [0.3, 0.4) is 0 Å². The molecule has 16 heteroatoms. The summed E-state index contributed by atoms with van der Waals surface area (Å²) < 4.78 is 229. The van der Waals surface area contributed by atoms with Crippen molar-refractivity contribution >= 4 is 0 Å². The highest BCUT2D eigenvalue weighted by atomic mass is 19.2. The molecule has 0 amide bonds. The normalized spacial score (nSPS) is 11.5. The predicted molar refractivity (Wildman–Crippen MR) is 102 cm³/mol. The first kappa shape index (κ1) is 28.8. The van der Waals surface area contributed by atoms with Crippen LogP contribution in [-0.2, 0) is 0 Å². The molecular weight excluding hydrogens is 592 g/mol. The van der Waals surface area contributed by atoms with Crippen molar-refractivity contribution < 1.29 is 70.2 Å². The molecule has 0 radical (unpaired) electrons. The third-order valence-electron chi connectivity index (χ3n) is 5.51. The van der Waals surface area contributed by atoms with Gasteiger partial charge in [-0.15, -0.1) is 0 Å². The second-order valence-electron chi connectivity index (χ2n) is 7.70. The first-order valence-electron chi connectivity index (χ1n) is 9.93. The van der Waals surface area contributed by atoms with E-state index in [9.17, 15) is 61.5 Å². The molecule has 0 unspecified atom stereocenters. The van der Waals surface area contributed by atoms with Crippen LogP contribution < -0.4 is 0 Å². The Morgan fingerprint density at radius 3 is 0.700 bits per heavy atom. The van der Waals surface area contributed by atoms with E-state index >= 15 is 8.78 Å². The lowest BCUT2D eigenvalue weighted by atomic mass is 9.91. The second-order valence-corrected chi connectivity index (χ2v) is 7.70. The predicted octanol–water partition coefficient (Wildman–Crippen LogP) is 8.91. The Hall–Kier alpha value is -4.24. The molecule has 4 aromatic rings. The van der Waals surface area contributed by atoms with Crippen LogP contribution in [0.2, 0.25) is 0 Å². The van der Waals surface area contributed by atoms with Gasteiger partial charge in [0.1, 0.15) is 23.3 Å². The van der Waals surface area contributed by atoms with Crippen molar-refractivity contribution in [2.45, 2.75) is 0 Å². The summed E-state index contributed by atoms with van der Waals surface area (Å²) >= 11 is 0. The minimum absolute atomic E-state index is 0.529. The van der Waals surface area contributed by atoms with Crippen LogP contribution in [0.25, 0.3) is 33.4 Å². The molecule has 0 heterocycles. The number of benzene rings is 4. The Bertz CT molecular complexity index is 1630. The zero-order chi connectivity index (χ0) is 30.1. The summed E-state index contributed by atoms with van der Waals surface area (Å²) in [5.41, 5.74) is -14.9. The fourth-order valence-electron chi connectivity index (χ4n) is 3.74. The molecule has 0 spiro atoms. The maximum absolute atomic E-state index is 15.3. The summed E-state index contributed by atoms with van der Waals surface area (Å²) in [6, 6.07) is -1.06. The molecule has 4 rings (SSSR count). The van der Waals surface area contributed by atoms with Crippen LogP contribution in [0, 0.1) is 93.1 Å². The molecule has 0 aliphatic rings. The fraction of sp³-hybridized carbons (Fsp3) is 0. The van der Waals surface area contributed by atoms with E-state index in [1.165, 1.54) is 0 Å². The van der Waals surface area contributed by atoms with Crippen molar-refractivity contribution in [3.8, 4) is 33.4 Å². The minimum atomic E-state index is -3.02. The highest BCUT2D eigenvalue weighted by Gasteiger charge is 2.38. The highest BCUT2D eigenvalue weighted by Crippen LogP contribution is 2.45. The van der Waals surface area contributed by atoms with Crippen molar-refractivity contribution in [2.75, 3.05) is 0 Å². The molecule has 0 aliphatic carbocycles. The molecule has 210 valence electrons. The lowest BCUT2D eigenvalue weighted by Crippen LogP contribution is -2.12. The molecule has 4 aromatic carbocycles. The van der Waals surface area contributed by atoms with E-state index in [0.717, 1.165) is 0 Å². The van der Waals surface area contributed by atoms with E-state index in [2.05, 4.69) is 0 Å². The monoisotopic (exact) mass is 594 g/mol. The van der Waals surface area contributed by atoms with Crippen molar-refractivity contribution in [2.24, 2.45) is 0 Å². The molecule has 0 saturated heterocycles. The van der Waals surface area contributed by atoms with Crippen LogP contribution in [-0.4, -0.2) is 0 Å². The first-order valence-corrected chi connectivity index (χ1v) is 9.93. The van der Waals surface area contributed by atoms with Crippen LogP contribution >= 0.6 is 0 Å². The van der Waals surface area contributed by atoms with Crippen LogP contribution in [0.4, 0.5) is 70.2 Å². The van der Waals surface area contributed by atoms with Gasteiger partial charge in [-0.1, -0.05) is 0 Å². The fourth-order valence-corrected chi connectivity index (χ4v) is 3.74. The summed E-state index contributed by atoms with van der Waals surface area (Å²) in [4.78, 5) is 0. The smallest absolute Gasteiger partial charge is 0.195 e. The summed E-state index contributed by atoms with van der Waals surface area (Å²) in [6.07, 6.45) is 0. The van der Waals surface area contributed by atoms with Gasteiger partial charge in [-0.3, -0.25) is 0 Å². The molecule has 0 bridgehead atoms. The largest absolute Gasteiger partial charge is 0.206 e. The lowest BCUT2D eigenvalue weighted by molar-refractivity contribution is 0.421. The maximum Gasteiger partial charge on any atom is 0.195 e. The molecule has 40 heavy (non-hydrogen) atoms. The Labute approximate surface area is 209 Å². The van der Waals surface area contributed by atoms with E-state index in [4.69, 9.17) is 0 Å². The number of hydrogen-bond donors (Lipinski definition) is 0. The summed E-state index contributed by atoms with van der Waals surface area (Å²) in [5.74, 6) is -43.9. The molecule has 0 nitrogen and oxygen atoms in total. The molecular formula is C24H2F16. The van der Waals surface area contributed by atoms with E-state index in [-0.39, 0.29) is 0 Å². The lowest BCUT2D eigenvalue weighted by Gasteiger charge is -2.18. The molecule has 0 N–H and O–H groups in total. The van der Waals surface area contributed by atoms with Crippen molar-refractivity contribution in [3.63, 3.8) is 0 Å². The maximum atomic E-state index is 15.3. The quantitative estimate of drug-likeness (QED) is 0.126. The Balaban J connectivity index is 2.22. The summed E-state index contributed by atoms with van der Waals surface area (Å²) in [7, 11) is 0. The highest BCUT2D eigenvalue weighted by molar-refractivity contribution is 5.81. The average molecular weight is 594 g/mol. The minimum Gasteiger partial charge on any atom is -0.206 e. The van der Waals surface area contributed by atoms with Gasteiger partial charge in [0.15, 0.2) is 69.8 Å². The van der Waals surface area contributed by atoms with Gasteiger partial charge in [0.2, 0.25) is 0 Å². The van der Waals surface area contributed by atoms with Crippen molar-refractivity contribution in [1.29, 1.82) is 0 Å². The van der Waals surface area contributed by atoms with Gasteiger partial charge < -0.3 is 0 Å².